The van der Waals surface area contributed by atoms with Crippen molar-refractivity contribution in [2.75, 3.05) is 19.6 Å². The monoisotopic (exact) mass is 199 g/mol. The molecular formula is C10H21N3O. The number of amides is 1. The fourth-order valence-electron chi connectivity index (χ4n) is 1.78. The summed E-state index contributed by atoms with van der Waals surface area (Å²) in [6.45, 7) is 6.31. The van der Waals surface area contributed by atoms with E-state index in [0.29, 0.717) is 6.54 Å². The molecule has 0 bridgehead atoms. The predicted molar refractivity (Wildman–Crippen MR) is 56.9 cm³/mol. The van der Waals surface area contributed by atoms with Gasteiger partial charge in [0.05, 0.1) is 6.04 Å². The zero-order valence-electron chi connectivity index (χ0n) is 9.12. The molecule has 82 valence electrons. The van der Waals surface area contributed by atoms with Crippen molar-refractivity contribution in [3.05, 3.63) is 0 Å². The fourth-order valence-corrected chi connectivity index (χ4v) is 1.78. The average Bonchev–Trinajstić information content (AvgIpc) is 2.69. The zero-order chi connectivity index (χ0) is 10.6. The van der Waals surface area contributed by atoms with Gasteiger partial charge in [0.15, 0.2) is 0 Å². The third-order valence-electron chi connectivity index (χ3n) is 2.68. The smallest absolute Gasteiger partial charge is 0.239 e. The molecule has 0 aromatic heterocycles. The maximum absolute atomic E-state index is 11.8. The molecule has 0 spiro atoms. The molecule has 0 aromatic rings. The Morgan fingerprint density at radius 2 is 2.00 bits per heavy atom. The number of nitrogens with zero attached hydrogens (tertiary/aromatic N) is 1. The quantitative estimate of drug-likeness (QED) is 0.666. The normalized spacial score (nSPS) is 20.9. The van der Waals surface area contributed by atoms with Gasteiger partial charge in [-0.3, -0.25) is 4.79 Å². The van der Waals surface area contributed by atoms with Gasteiger partial charge in [-0.1, -0.05) is 0 Å². The Bertz CT molecular complexity index is 190. The third-order valence-corrected chi connectivity index (χ3v) is 2.68. The molecule has 0 saturated carbocycles. The van der Waals surface area contributed by atoms with Gasteiger partial charge in [0.1, 0.15) is 0 Å². The fraction of sp³-hybridized carbons (Fsp3) is 0.900. The second kappa shape index (κ2) is 5.32. The molecule has 14 heavy (non-hydrogen) atoms. The minimum Gasteiger partial charge on any atom is -0.341 e. The summed E-state index contributed by atoms with van der Waals surface area (Å²) >= 11 is 0. The second-order valence-electron chi connectivity index (χ2n) is 4.06. The maximum atomic E-state index is 11.8. The highest BCUT2D eigenvalue weighted by atomic mass is 16.2. The molecule has 1 aliphatic rings. The van der Waals surface area contributed by atoms with Crippen LogP contribution in [-0.4, -0.2) is 42.5 Å². The Balaban J connectivity index is 2.35. The van der Waals surface area contributed by atoms with Crippen LogP contribution in [0.3, 0.4) is 0 Å². The molecular weight excluding hydrogens is 178 g/mol. The molecule has 1 fully saturated rings. The number of rotatable bonds is 4. The van der Waals surface area contributed by atoms with E-state index in [1.165, 1.54) is 0 Å². The Morgan fingerprint density at radius 3 is 2.50 bits per heavy atom. The molecule has 1 amide bonds. The molecule has 4 nitrogen and oxygen atoms in total. The maximum Gasteiger partial charge on any atom is 0.239 e. The molecule has 0 radical (unpaired) electrons. The largest absolute Gasteiger partial charge is 0.341 e. The molecule has 0 aliphatic carbocycles. The summed E-state index contributed by atoms with van der Waals surface area (Å²) < 4.78 is 0. The van der Waals surface area contributed by atoms with Gasteiger partial charge in [-0.15, -0.1) is 0 Å². The molecule has 1 rings (SSSR count). The van der Waals surface area contributed by atoms with Crippen LogP contribution in [0.5, 0.6) is 0 Å². The van der Waals surface area contributed by atoms with Gasteiger partial charge in [-0.05, 0) is 26.7 Å². The van der Waals surface area contributed by atoms with Crippen LogP contribution in [0.25, 0.3) is 0 Å². The number of carbonyl (C=O) groups is 1. The lowest BCUT2D eigenvalue weighted by molar-refractivity contribution is -0.132. The van der Waals surface area contributed by atoms with Gasteiger partial charge < -0.3 is 16.0 Å². The van der Waals surface area contributed by atoms with Crippen LogP contribution in [0.15, 0.2) is 0 Å². The average molecular weight is 199 g/mol. The molecule has 2 atom stereocenters. The van der Waals surface area contributed by atoms with Crippen molar-refractivity contribution in [3.63, 3.8) is 0 Å². The number of nitrogens with two attached hydrogens (primary N) is 1. The standard InChI is InChI=1S/C10H21N3O/c1-8(7-11)12-9(2)10(14)13-5-3-4-6-13/h8-9,12H,3-7,11H2,1-2H3. The van der Waals surface area contributed by atoms with Crippen LogP contribution in [0.2, 0.25) is 0 Å². The lowest BCUT2D eigenvalue weighted by atomic mass is 10.2. The molecule has 3 N–H and O–H groups in total. The van der Waals surface area contributed by atoms with Crippen LogP contribution in [-0.2, 0) is 4.79 Å². The van der Waals surface area contributed by atoms with Crippen molar-refractivity contribution >= 4 is 5.91 Å². The number of nitrogens with one attached hydrogen (secondary N) is 1. The minimum absolute atomic E-state index is 0.105. The first kappa shape index (κ1) is 11.5. The van der Waals surface area contributed by atoms with Gasteiger partial charge >= 0.3 is 0 Å². The zero-order valence-corrected chi connectivity index (χ0v) is 9.12. The van der Waals surface area contributed by atoms with E-state index in [1.807, 2.05) is 18.7 Å². The lowest BCUT2D eigenvalue weighted by Gasteiger charge is -2.23. The Morgan fingerprint density at radius 1 is 1.43 bits per heavy atom. The third kappa shape index (κ3) is 2.96. The van der Waals surface area contributed by atoms with Crippen molar-refractivity contribution in [2.45, 2.75) is 38.8 Å². The summed E-state index contributed by atoms with van der Waals surface area (Å²) in [5, 5.41) is 3.19. The van der Waals surface area contributed by atoms with Gasteiger partial charge in [0, 0.05) is 25.7 Å². The summed E-state index contributed by atoms with van der Waals surface area (Å²) in [6, 6.07) is 0.100. The first-order valence-electron chi connectivity index (χ1n) is 5.40. The van der Waals surface area contributed by atoms with Gasteiger partial charge in [0.2, 0.25) is 5.91 Å². The van der Waals surface area contributed by atoms with Crippen LogP contribution in [0.4, 0.5) is 0 Å². The van der Waals surface area contributed by atoms with Crippen molar-refractivity contribution in [2.24, 2.45) is 5.73 Å². The minimum atomic E-state index is -0.105. The number of likely N-dealkylation sites (tertiary alicyclic amines) is 1. The van der Waals surface area contributed by atoms with Crippen molar-refractivity contribution in [1.82, 2.24) is 10.2 Å². The van der Waals surface area contributed by atoms with Crippen molar-refractivity contribution in [1.29, 1.82) is 0 Å². The lowest BCUT2D eigenvalue weighted by Crippen LogP contribution is -2.48. The van der Waals surface area contributed by atoms with Gasteiger partial charge in [0.25, 0.3) is 0 Å². The van der Waals surface area contributed by atoms with E-state index < -0.39 is 0 Å². The highest BCUT2D eigenvalue weighted by Crippen LogP contribution is 2.08. The summed E-state index contributed by atoms with van der Waals surface area (Å²) in [6.07, 6.45) is 2.29. The summed E-state index contributed by atoms with van der Waals surface area (Å²) in [4.78, 5) is 13.8. The van der Waals surface area contributed by atoms with E-state index in [-0.39, 0.29) is 18.0 Å². The summed E-state index contributed by atoms with van der Waals surface area (Å²) in [5.74, 6) is 0.211. The Labute approximate surface area is 85.8 Å². The summed E-state index contributed by atoms with van der Waals surface area (Å²) in [5.41, 5.74) is 5.49. The van der Waals surface area contributed by atoms with E-state index >= 15 is 0 Å². The van der Waals surface area contributed by atoms with E-state index in [9.17, 15) is 4.79 Å². The second-order valence-corrected chi connectivity index (χ2v) is 4.06. The molecule has 0 aromatic carbocycles. The molecule has 1 saturated heterocycles. The number of carbonyl (C=O) groups excluding carboxylic acids is 1. The van der Waals surface area contributed by atoms with Gasteiger partial charge in [-0.2, -0.15) is 0 Å². The topological polar surface area (TPSA) is 58.4 Å². The number of hydrogen-bond donors (Lipinski definition) is 2. The number of hydrogen-bond acceptors (Lipinski definition) is 3. The van der Waals surface area contributed by atoms with Gasteiger partial charge in [-0.25, -0.2) is 0 Å². The highest BCUT2D eigenvalue weighted by Gasteiger charge is 2.23. The van der Waals surface area contributed by atoms with E-state index in [1.54, 1.807) is 0 Å². The highest BCUT2D eigenvalue weighted by molar-refractivity contribution is 5.81. The predicted octanol–water partition coefficient (Wildman–Crippen LogP) is -0.0659. The Kier molecular flexibility index (Phi) is 4.35. The van der Waals surface area contributed by atoms with Crippen LogP contribution < -0.4 is 11.1 Å². The van der Waals surface area contributed by atoms with E-state index in [2.05, 4.69) is 5.32 Å². The first-order valence-corrected chi connectivity index (χ1v) is 5.40. The van der Waals surface area contributed by atoms with E-state index in [4.69, 9.17) is 5.73 Å². The molecule has 1 heterocycles. The van der Waals surface area contributed by atoms with Crippen molar-refractivity contribution in [3.8, 4) is 0 Å². The summed E-state index contributed by atoms with van der Waals surface area (Å²) in [7, 11) is 0. The molecule has 1 aliphatic heterocycles. The van der Waals surface area contributed by atoms with Crippen LogP contribution in [0, 0.1) is 0 Å². The first-order chi connectivity index (χ1) is 6.65. The molecule has 4 heteroatoms. The van der Waals surface area contributed by atoms with Crippen LogP contribution >= 0.6 is 0 Å². The van der Waals surface area contributed by atoms with Crippen molar-refractivity contribution < 1.29 is 4.79 Å². The molecule has 2 unspecified atom stereocenters. The van der Waals surface area contributed by atoms with Crippen LogP contribution in [0.1, 0.15) is 26.7 Å². The SMILES string of the molecule is CC(CN)NC(C)C(=O)N1CCCC1. The Hall–Kier alpha value is -0.610. The van der Waals surface area contributed by atoms with E-state index in [0.717, 1.165) is 25.9 Å².